The largest absolute Gasteiger partial charge is 0.404 e. The van der Waals surface area contributed by atoms with Crippen molar-refractivity contribution in [2.24, 2.45) is 0 Å². The quantitative estimate of drug-likeness (QED) is 0.391. The van der Waals surface area contributed by atoms with Gasteiger partial charge >= 0.3 is 5.97 Å². The summed E-state index contributed by atoms with van der Waals surface area (Å²) in [6.07, 6.45) is 0. The van der Waals surface area contributed by atoms with Crippen LogP contribution in [0.5, 0.6) is 5.88 Å². The fourth-order valence-corrected chi connectivity index (χ4v) is 3.27. The molecular weight excluding hydrogens is 384 g/mol. The maximum absolute atomic E-state index is 12.7. The highest BCUT2D eigenvalue weighted by molar-refractivity contribution is 6.30. The number of esters is 1. The van der Waals surface area contributed by atoms with Crippen molar-refractivity contribution in [3.8, 4) is 22.8 Å². The topological polar surface area (TPSA) is 44.1 Å². The molecule has 4 nitrogen and oxygen atoms in total. The number of halogens is 1. The van der Waals surface area contributed by atoms with Gasteiger partial charge in [0, 0.05) is 16.7 Å². The number of rotatable bonds is 4. The molecule has 1 heterocycles. The van der Waals surface area contributed by atoms with Gasteiger partial charge in [-0.3, -0.25) is 0 Å². The Bertz CT molecular complexity index is 1170. The molecule has 0 saturated carbocycles. The summed E-state index contributed by atoms with van der Waals surface area (Å²) in [5.74, 6) is -0.108. The molecule has 0 aliphatic carbocycles. The van der Waals surface area contributed by atoms with E-state index >= 15 is 0 Å². The van der Waals surface area contributed by atoms with Crippen LogP contribution in [0.1, 0.15) is 21.5 Å². The van der Waals surface area contributed by atoms with Gasteiger partial charge in [0.2, 0.25) is 5.88 Å². The predicted molar refractivity (Wildman–Crippen MR) is 115 cm³/mol. The SMILES string of the molecule is Cc1ccc(-n2nc(-c3ccccc3)cc2OC(=O)c2ccc(Cl)cc2)c(C)c1. The molecule has 3 aromatic carbocycles. The summed E-state index contributed by atoms with van der Waals surface area (Å²) in [5.41, 5.74) is 5.14. The van der Waals surface area contributed by atoms with Crippen LogP contribution in [0.25, 0.3) is 16.9 Å². The van der Waals surface area contributed by atoms with E-state index in [0.29, 0.717) is 16.5 Å². The molecule has 0 unspecified atom stereocenters. The van der Waals surface area contributed by atoms with E-state index < -0.39 is 5.97 Å². The van der Waals surface area contributed by atoms with Gasteiger partial charge in [-0.05, 0) is 49.7 Å². The Morgan fingerprint density at radius 2 is 1.66 bits per heavy atom. The van der Waals surface area contributed by atoms with E-state index in [2.05, 4.69) is 6.07 Å². The smallest absolute Gasteiger partial charge is 0.344 e. The Morgan fingerprint density at radius 1 is 0.931 bits per heavy atom. The first-order chi connectivity index (χ1) is 14.0. The molecule has 5 heteroatoms. The van der Waals surface area contributed by atoms with Crippen molar-refractivity contribution in [2.75, 3.05) is 0 Å². The van der Waals surface area contributed by atoms with E-state index in [4.69, 9.17) is 21.4 Å². The summed E-state index contributed by atoms with van der Waals surface area (Å²) in [6, 6.07) is 24.2. The van der Waals surface area contributed by atoms with Crippen LogP contribution in [0.2, 0.25) is 5.02 Å². The minimum absolute atomic E-state index is 0.357. The second-order valence-electron chi connectivity index (χ2n) is 6.83. The minimum atomic E-state index is -0.466. The van der Waals surface area contributed by atoms with Gasteiger partial charge in [-0.15, -0.1) is 0 Å². The van der Waals surface area contributed by atoms with Crippen LogP contribution in [0, 0.1) is 13.8 Å². The lowest BCUT2D eigenvalue weighted by Crippen LogP contribution is -2.12. The van der Waals surface area contributed by atoms with Crippen molar-refractivity contribution in [1.29, 1.82) is 0 Å². The number of hydrogen-bond acceptors (Lipinski definition) is 3. The molecule has 0 spiro atoms. The summed E-state index contributed by atoms with van der Waals surface area (Å²) in [7, 11) is 0. The molecule has 144 valence electrons. The van der Waals surface area contributed by atoms with Gasteiger partial charge in [-0.25, -0.2) is 4.79 Å². The van der Waals surface area contributed by atoms with Crippen molar-refractivity contribution in [3.63, 3.8) is 0 Å². The van der Waals surface area contributed by atoms with E-state index in [1.807, 2.05) is 56.3 Å². The zero-order valence-electron chi connectivity index (χ0n) is 16.1. The molecule has 0 saturated heterocycles. The van der Waals surface area contributed by atoms with Crippen LogP contribution in [0.4, 0.5) is 0 Å². The first-order valence-electron chi connectivity index (χ1n) is 9.22. The lowest BCUT2D eigenvalue weighted by atomic mass is 10.1. The van der Waals surface area contributed by atoms with E-state index in [1.54, 1.807) is 35.0 Å². The molecule has 1 aromatic heterocycles. The van der Waals surface area contributed by atoms with E-state index in [-0.39, 0.29) is 0 Å². The van der Waals surface area contributed by atoms with Crippen LogP contribution in [-0.2, 0) is 0 Å². The van der Waals surface area contributed by atoms with Gasteiger partial charge in [0.05, 0.1) is 16.9 Å². The third-order valence-electron chi connectivity index (χ3n) is 4.60. The van der Waals surface area contributed by atoms with Crippen molar-refractivity contribution in [1.82, 2.24) is 9.78 Å². The van der Waals surface area contributed by atoms with Gasteiger partial charge in [0.15, 0.2) is 0 Å². The molecule has 29 heavy (non-hydrogen) atoms. The summed E-state index contributed by atoms with van der Waals surface area (Å²) in [6.45, 7) is 4.05. The average Bonchev–Trinajstić information content (AvgIpc) is 3.12. The van der Waals surface area contributed by atoms with E-state index in [9.17, 15) is 4.79 Å². The lowest BCUT2D eigenvalue weighted by Gasteiger charge is -2.11. The molecule has 0 radical (unpaired) electrons. The molecule has 0 fully saturated rings. The van der Waals surface area contributed by atoms with Crippen molar-refractivity contribution in [2.45, 2.75) is 13.8 Å². The van der Waals surface area contributed by atoms with E-state index in [0.717, 1.165) is 28.1 Å². The van der Waals surface area contributed by atoms with Gasteiger partial charge in [-0.1, -0.05) is 59.6 Å². The number of aryl methyl sites for hydroxylation is 2. The number of aromatic nitrogens is 2. The van der Waals surface area contributed by atoms with Crippen molar-refractivity contribution >= 4 is 17.6 Å². The summed E-state index contributed by atoms with van der Waals surface area (Å²) < 4.78 is 7.40. The zero-order valence-corrected chi connectivity index (χ0v) is 16.9. The molecule has 0 atom stereocenters. The third-order valence-corrected chi connectivity index (χ3v) is 4.86. The fraction of sp³-hybridized carbons (Fsp3) is 0.0833. The van der Waals surface area contributed by atoms with Crippen LogP contribution >= 0.6 is 11.6 Å². The molecule has 4 aromatic rings. The molecule has 0 bridgehead atoms. The second kappa shape index (κ2) is 7.94. The summed E-state index contributed by atoms with van der Waals surface area (Å²) in [4.78, 5) is 12.7. The molecule has 0 amide bonds. The Balaban J connectivity index is 1.77. The number of ether oxygens (including phenoxy) is 1. The summed E-state index contributed by atoms with van der Waals surface area (Å²) >= 11 is 5.92. The van der Waals surface area contributed by atoms with Crippen LogP contribution < -0.4 is 4.74 Å². The Kier molecular flexibility index (Phi) is 5.19. The summed E-state index contributed by atoms with van der Waals surface area (Å²) in [5, 5.41) is 5.28. The highest BCUT2D eigenvalue weighted by Crippen LogP contribution is 2.28. The second-order valence-corrected chi connectivity index (χ2v) is 7.27. The van der Waals surface area contributed by atoms with Gasteiger partial charge in [0.1, 0.15) is 0 Å². The number of hydrogen-bond donors (Lipinski definition) is 0. The monoisotopic (exact) mass is 402 g/mol. The van der Waals surface area contributed by atoms with Crippen LogP contribution in [0.15, 0.2) is 78.9 Å². The molecule has 0 aliphatic heterocycles. The predicted octanol–water partition coefficient (Wildman–Crippen LogP) is 6.03. The number of nitrogens with zero attached hydrogens (tertiary/aromatic N) is 2. The minimum Gasteiger partial charge on any atom is -0.404 e. The highest BCUT2D eigenvalue weighted by Gasteiger charge is 2.18. The number of carbonyl (C=O) groups excluding carboxylic acids is 1. The number of benzene rings is 3. The molecule has 0 aliphatic rings. The standard InChI is InChI=1S/C24H19ClN2O2/c1-16-8-13-22(17(2)14-16)27-23(15-21(26-27)18-6-4-3-5-7-18)29-24(28)19-9-11-20(25)12-10-19/h3-15H,1-2H3. The van der Waals surface area contributed by atoms with Gasteiger partial charge in [-0.2, -0.15) is 9.78 Å². The maximum Gasteiger partial charge on any atom is 0.344 e. The normalized spacial score (nSPS) is 10.7. The van der Waals surface area contributed by atoms with Crippen molar-refractivity contribution < 1.29 is 9.53 Å². The highest BCUT2D eigenvalue weighted by atomic mass is 35.5. The van der Waals surface area contributed by atoms with Gasteiger partial charge < -0.3 is 4.74 Å². The van der Waals surface area contributed by atoms with Gasteiger partial charge in [0.25, 0.3) is 0 Å². The lowest BCUT2D eigenvalue weighted by molar-refractivity contribution is 0.0723. The number of carbonyl (C=O) groups is 1. The first kappa shape index (κ1) is 19.0. The first-order valence-corrected chi connectivity index (χ1v) is 9.60. The average molecular weight is 403 g/mol. The van der Waals surface area contributed by atoms with E-state index in [1.165, 1.54) is 0 Å². The fourth-order valence-electron chi connectivity index (χ4n) is 3.14. The maximum atomic E-state index is 12.7. The van der Waals surface area contributed by atoms with Crippen LogP contribution in [0.3, 0.4) is 0 Å². The molecule has 0 N–H and O–H groups in total. The molecular formula is C24H19ClN2O2. The Hall–Kier alpha value is -3.37. The zero-order chi connectivity index (χ0) is 20.4. The molecule has 4 rings (SSSR count). The Morgan fingerprint density at radius 3 is 2.34 bits per heavy atom. The third kappa shape index (κ3) is 4.08. The Labute approximate surface area is 174 Å². The van der Waals surface area contributed by atoms with Crippen molar-refractivity contribution in [3.05, 3.63) is 101 Å². The van der Waals surface area contributed by atoms with Crippen LogP contribution in [-0.4, -0.2) is 15.7 Å².